The average molecular weight is 612 g/mol. The standard InChI is InChI=1S/C32H38ClN3O5S/c1-23-15-17-30(18-16-23)42(39,40)36(28-13-8-10-26(33)20-28)22-31(37)35(21-25-9-7-14-29(19-25)41-3)24(2)32(38)34-27-11-5-4-6-12-27/h7-10,13-20,24,27H,4-6,11-12,21-22H2,1-3H3,(H,34,38). The number of rotatable bonds is 11. The normalized spacial score (nSPS) is 14.6. The third kappa shape index (κ3) is 7.83. The predicted octanol–water partition coefficient (Wildman–Crippen LogP) is 5.72. The highest BCUT2D eigenvalue weighted by atomic mass is 35.5. The van der Waals surface area contributed by atoms with Crippen LogP contribution in [0.2, 0.25) is 5.02 Å². The molecule has 3 aromatic rings. The highest BCUT2D eigenvalue weighted by Gasteiger charge is 2.33. The zero-order valence-electron chi connectivity index (χ0n) is 24.3. The molecule has 1 N–H and O–H groups in total. The van der Waals surface area contributed by atoms with Crippen LogP contribution in [0.15, 0.2) is 77.7 Å². The van der Waals surface area contributed by atoms with Crippen molar-refractivity contribution in [2.75, 3.05) is 18.0 Å². The van der Waals surface area contributed by atoms with E-state index < -0.39 is 28.5 Å². The Kier molecular flexibility index (Phi) is 10.5. The molecule has 1 aliphatic rings. The number of methoxy groups -OCH3 is 1. The summed E-state index contributed by atoms with van der Waals surface area (Å²) in [6.45, 7) is 3.10. The van der Waals surface area contributed by atoms with E-state index in [1.165, 1.54) is 23.1 Å². The van der Waals surface area contributed by atoms with E-state index in [0.717, 1.165) is 47.5 Å². The van der Waals surface area contributed by atoms with E-state index in [1.807, 2.05) is 19.1 Å². The van der Waals surface area contributed by atoms with Gasteiger partial charge in [-0.1, -0.05) is 66.8 Å². The number of ether oxygens (including phenoxy) is 1. The first-order valence-electron chi connectivity index (χ1n) is 14.2. The van der Waals surface area contributed by atoms with Gasteiger partial charge in [-0.15, -0.1) is 0 Å². The average Bonchev–Trinajstić information content (AvgIpc) is 2.99. The first-order chi connectivity index (χ1) is 20.1. The van der Waals surface area contributed by atoms with Gasteiger partial charge in [0.25, 0.3) is 10.0 Å². The summed E-state index contributed by atoms with van der Waals surface area (Å²) in [6, 6.07) is 19.3. The van der Waals surface area contributed by atoms with Crippen molar-refractivity contribution in [2.45, 2.75) is 69.5 Å². The highest BCUT2D eigenvalue weighted by Crippen LogP contribution is 2.27. The van der Waals surface area contributed by atoms with E-state index in [2.05, 4.69) is 5.32 Å². The molecule has 0 heterocycles. The minimum atomic E-state index is -4.16. The third-order valence-electron chi connectivity index (χ3n) is 7.59. The number of hydrogen-bond acceptors (Lipinski definition) is 5. The van der Waals surface area contributed by atoms with Gasteiger partial charge in [0.15, 0.2) is 0 Å². The third-order valence-corrected chi connectivity index (χ3v) is 9.61. The van der Waals surface area contributed by atoms with Crippen molar-refractivity contribution in [3.63, 3.8) is 0 Å². The summed E-state index contributed by atoms with van der Waals surface area (Å²) in [5.41, 5.74) is 1.90. The number of nitrogens with one attached hydrogen (secondary N) is 1. The van der Waals surface area contributed by atoms with Gasteiger partial charge in [0.05, 0.1) is 17.7 Å². The van der Waals surface area contributed by atoms with Gasteiger partial charge >= 0.3 is 0 Å². The second-order valence-electron chi connectivity index (χ2n) is 10.7. The molecular formula is C32H38ClN3O5S. The minimum Gasteiger partial charge on any atom is -0.497 e. The molecule has 42 heavy (non-hydrogen) atoms. The summed E-state index contributed by atoms with van der Waals surface area (Å²) in [7, 11) is -2.61. The summed E-state index contributed by atoms with van der Waals surface area (Å²) >= 11 is 6.24. The number of hydrogen-bond donors (Lipinski definition) is 1. The molecule has 8 nitrogen and oxygen atoms in total. The lowest BCUT2D eigenvalue weighted by molar-refractivity contribution is -0.139. The highest BCUT2D eigenvalue weighted by molar-refractivity contribution is 7.92. The molecule has 1 atom stereocenters. The molecule has 0 aliphatic heterocycles. The van der Waals surface area contributed by atoms with Crippen molar-refractivity contribution in [3.05, 3.63) is 88.9 Å². The fourth-order valence-electron chi connectivity index (χ4n) is 5.12. The van der Waals surface area contributed by atoms with Crippen molar-refractivity contribution in [3.8, 4) is 5.75 Å². The van der Waals surface area contributed by atoms with E-state index in [1.54, 1.807) is 56.5 Å². The van der Waals surface area contributed by atoms with Crippen LogP contribution >= 0.6 is 11.6 Å². The molecule has 1 fully saturated rings. The largest absolute Gasteiger partial charge is 0.497 e. The van der Waals surface area contributed by atoms with Crippen LogP contribution in [0.5, 0.6) is 5.75 Å². The van der Waals surface area contributed by atoms with Gasteiger partial charge in [-0.25, -0.2) is 8.42 Å². The van der Waals surface area contributed by atoms with E-state index in [4.69, 9.17) is 16.3 Å². The van der Waals surface area contributed by atoms with Gasteiger partial charge in [0.2, 0.25) is 11.8 Å². The number of aryl methyl sites for hydroxylation is 1. The van der Waals surface area contributed by atoms with Crippen molar-refractivity contribution in [1.29, 1.82) is 0 Å². The number of amides is 2. The van der Waals surface area contributed by atoms with Crippen LogP contribution < -0.4 is 14.4 Å². The maximum Gasteiger partial charge on any atom is 0.264 e. The Morgan fingerprint density at radius 3 is 2.36 bits per heavy atom. The molecule has 0 spiro atoms. The Hall–Kier alpha value is -3.56. The monoisotopic (exact) mass is 611 g/mol. The predicted molar refractivity (Wildman–Crippen MR) is 165 cm³/mol. The number of anilines is 1. The summed E-state index contributed by atoms with van der Waals surface area (Å²) < 4.78 is 34.3. The lowest BCUT2D eigenvalue weighted by atomic mass is 9.95. The second-order valence-corrected chi connectivity index (χ2v) is 13.0. The van der Waals surface area contributed by atoms with Crippen LogP contribution in [-0.4, -0.2) is 50.9 Å². The van der Waals surface area contributed by atoms with Crippen molar-refractivity contribution in [1.82, 2.24) is 10.2 Å². The minimum absolute atomic E-state index is 0.0447. The van der Waals surface area contributed by atoms with Crippen LogP contribution in [0.1, 0.15) is 50.2 Å². The number of benzene rings is 3. The number of halogens is 1. The molecule has 0 aromatic heterocycles. The molecular weight excluding hydrogens is 574 g/mol. The zero-order chi connectivity index (χ0) is 30.3. The first-order valence-corrected chi connectivity index (χ1v) is 16.0. The van der Waals surface area contributed by atoms with E-state index in [0.29, 0.717) is 10.8 Å². The molecule has 0 radical (unpaired) electrons. The van der Waals surface area contributed by atoms with Gasteiger partial charge in [-0.3, -0.25) is 13.9 Å². The van der Waals surface area contributed by atoms with E-state index in [9.17, 15) is 18.0 Å². The van der Waals surface area contributed by atoms with Crippen LogP contribution in [0.3, 0.4) is 0 Å². The van der Waals surface area contributed by atoms with Crippen LogP contribution in [0, 0.1) is 6.92 Å². The van der Waals surface area contributed by atoms with Gasteiger partial charge in [0, 0.05) is 17.6 Å². The van der Waals surface area contributed by atoms with Gasteiger partial charge < -0.3 is 15.0 Å². The Balaban J connectivity index is 1.68. The Labute approximate surface area is 253 Å². The fraction of sp³-hybridized carbons (Fsp3) is 0.375. The van der Waals surface area contributed by atoms with Crippen molar-refractivity contribution in [2.24, 2.45) is 0 Å². The smallest absolute Gasteiger partial charge is 0.264 e. The molecule has 1 aliphatic carbocycles. The Morgan fingerprint density at radius 2 is 1.69 bits per heavy atom. The molecule has 0 saturated heterocycles. The van der Waals surface area contributed by atoms with Gasteiger partial charge in [-0.05, 0) is 74.7 Å². The summed E-state index contributed by atoms with van der Waals surface area (Å²) in [5, 5.41) is 3.44. The molecule has 4 rings (SSSR count). The topological polar surface area (TPSA) is 96.0 Å². The molecule has 2 amide bonds. The SMILES string of the molecule is COc1cccc(CN(C(=O)CN(c2cccc(Cl)c2)S(=O)(=O)c2ccc(C)cc2)C(C)C(=O)NC2CCCCC2)c1. The van der Waals surface area contributed by atoms with Crippen molar-refractivity contribution < 1.29 is 22.7 Å². The first kappa shape index (κ1) is 31.4. The summed E-state index contributed by atoms with van der Waals surface area (Å²) in [5.74, 6) is -0.185. The summed E-state index contributed by atoms with van der Waals surface area (Å²) in [4.78, 5) is 29.0. The van der Waals surface area contributed by atoms with Gasteiger partial charge in [0.1, 0.15) is 18.3 Å². The summed E-state index contributed by atoms with van der Waals surface area (Å²) in [6.07, 6.45) is 5.06. The molecule has 1 unspecified atom stereocenters. The van der Waals surface area contributed by atoms with Crippen molar-refractivity contribution >= 4 is 39.1 Å². The number of sulfonamides is 1. The fourth-order valence-corrected chi connectivity index (χ4v) is 6.71. The maximum absolute atomic E-state index is 14.1. The van der Waals surface area contributed by atoms with Gasteiger partial charge in [-0.2, -0.15) is 0 Å². The Morgan fingerprint density at radius 1 is 1.00 bits per heavy atom. The lowest BCUT2D eigenvalue weighted by Gasteiger charge is -2.33. The molecule has 10 heteroatoms. The number of carbonyl (C=O) groups is 2. The van der Waals surface area contributed by atoms with E-state index in [-0.39, 0.29) is 29.1 Å². The van der Waals surface area contributed by atoms with Crippen LogP contribution in [-0.2, 0) is 26.2 Å². The van der Waals surface area contributed by atoms with Crippen LogP contribution in [0.4, 0.5) is 5.69 Å². The zero-order valence-corrected chi connectivity index (χ0v) is 25.8. The molecule has 224 valence electrons. The number of nitrogens with zero attached hydrogens (tertiary/aromatic N) is 2. The van der Waals surface area contributed by atoms with E-state index >= 15 is 0 Å². The number of carbonyl (C=O) groups excluding carboxylic acids is 2. The maximum atomic E-state index is 14.1. The molecule has 0 bridgehead atoms. The second kappa shape index (κ2) is 14.1. The Bertz CT molecular complexity index is 1490. The molecule has 3 aromatic carbocycles. The van der Waals surface area contributed by atoms with Crippen LogP contribution in [0.25, 0.3) is 0 Å². The lowest BCUT2D eigenvalue weighted by Crippen LogP contribution is -2.53. The molecule has 1 saturated carbocycles. The quantitative estimate of drug-likeness (QED) is 0.299.